The Kier molecular flexibility index (Phi) is 7.06. The van der Waals surface area contributed by atoms with Gasteiger partial charge in [-0.15, -0.1) is 11.8 Å². The summed E-state index contributed by atoms with van der Waals surface area (Å²) < 4.78 is 41.6. The van der Waals surface area contributed by atoms with Crippen LogP contribution >= 0.6 is 11.8 Å². The van der Waals surface area contributed by atoms with E-state index < -0.39 is 23.9 Å². The van der Waals surface area contributed by atoms with Gasteiger partial charge in [0.1, 0.15) is 12.3 Å². The summed E-state index contributed by atoms with van der Waals surface area (Å²) in [5, 5.41) is 1.32. The van der Waals surface area contributed by atoms with Crippen LogP contribution in [0.4, 0.5) is 13.2 Å². The highest BCUT2D eigenvalue weighted by atomic mass is 32.2. The number of nitrogens with one attached hydrogen (secondary N) is 1. The number of carbonyl (C=O) groups excluding carboxylic acids is 1. The minimum Gasteiger partial charge on any atom is -0.492 e. The van der Waals surface area contributed by atoms with E-state index in [1.54, 1.807) is 6.92 Å². The third-order valence-corrected chi connectivity index (χ3v) is 4.00. The van der Waals surface area contributed by atoms with Crippen molar-refractivity contribution < 1.29 is 22.7 Å². The second-order valence-electron chi connectivity index (χ2n) is 4.96. The Balaban J connectivity index is 2.29. The third kappa shape index (κ3) is 7.06. The zero-order valence-electron chi connectivity index (χ0n) is 12.8. The zero-order chi connectivity index (χ0) is 16.8. The van der Waals surface area contributed by atoms with E-state index in [-0.39, 0.29) is 0 Å². The van der Waals surface area contributed by atoms with E-state index in [4.69, 9.17) is 4.74 Å². The van der Waals surface area contributed by atoms with Crippen LogP contribution in [-0.2, 0) is 4.79 Å². The van der Waals surface area contributed by atoms with E-state index in [1.807, 2.05) is 37.4 Å². The van der Waals surface area contributed by atoms with Crippen molar-refractivity contribution in [1.29, 1.82) is 0 Å². The van der Waals surface area contributed by atoms with E-state index in [1.165, 1.54) is 11.8 Å². The number of thioether (sulfide) groups is 1. The minimum absolute atomic E-state index is 0.395. The van der Waals surface area contributed by atoms with E-state index in [2.05, 4.69) is 0 Å². The summed E-state index contributed by atoms with van der Waals surface area (Å²) in [6.45, 7) is 4.58. The van der Waals surface area contributed by atoms with Crippen molar-refractivity contribution >= 4 is 17.7 Å². The lowest BCUT2D eigenvalue weighted by molar-refractivity contribution is -0.137. The number of benzene rings is 1. The van der Waals surface area contributed by atoms with Crippen LogP contribution < -0.4 is 10.1 Å². The first-order chi connectivity index (χ1) is 10.2. The average molecular weight is 335 g/mol. The molecule has 0 saturated heterocycles. The topological polar surface area (TPSA) is 38.3 Å². The van der Waals surface area contributed by atoms with Crippen LogP contribution in [0.2, 0.25) is 0 Å². The molecule has 0 spiro atoms. The van der Waals surface area contributed by atoms with Crippen molar-refractivity contribution in [3.8, 4) is 5.75 Å². The maximum absolute atomic E-state index is 12.0. The third-order valence-electron chi connectivity index (χ3n) is 2.88. The van der Waals surface area contributed by atoms with Crippen LogP contribution in [0.5, 0.6) is 5.75 Å². The molecule has 124 valence electrons. The molecule has 1 aromatic carbocycles. The highest BCUT2D eigenvalue weighted by molar-refractivity contribution is 8.00. The lowest BCUT2D eigenvalue weighted by atomic mass is 10.1. The Labute approximate surface area is 132 Å². The maximum atomic E-state index is 12.0. The first-order valence-electron chi connectivity index (χ1n) is 6.85. The molecule has 1 aromatic rings. The fourth-order valence-corrected chi connectivity index (χ4v) is 2.41. The predicted molar refractivity (Wildman–Crippen MR) is 82.4 cm³/mol. The summed E-state index contributed by atoms with van der Waals surface area (Å²) in [6.07, 6.45) is -4.38. The Morgan fingerprint density at radius 3 is 2.68 bits per heavy atom. The van der Waals surface area contributed by atoms with Crippen molar-refractivity contribution in [1.82, 2.24) is 5.32 Å². The molecule has 1 rings (SSSR count). The highest BCUT2D eigenvalue weighted by Gasteiger charge is 2.28. The molecule has 3 nitrogen and oxygen atoms in total. The number of alkyl halides is 3. The molecule has 0 heterocycles. The Morgan fingerprint density at radius 1 is 1.36 bits per heavy atom. The summed E-state index contributed by atoms with van der Waals surface area (Å²) in [5.41, 5.74) is 2.11. The van der Waals surface area contributed by atoms with Gasteiger partial charge in [-0.1, -0.05) is 12.1 Å². The van der Waals surface area contributed by atoms with Gasteiger partial charge in [0.25, 0.3) is 0 Å². The molecule has 0 aliphatic heterocycles. The van der Waals surface area contributed by atoms with Gasteiger partial charge in [-0.25, -0.2) is 0 Å². The number of amides is 1. The Hall–Kier alpha value is -1.37. The first kappa shape index (κ1) is 18.7. The standard InChI is InChI=1S/C15H20F3NO2S/c1-10-4-5-11(2)13(8-10)21-6-7-22-12(3)14(20)19-9-15(16,17)18/h4-5,8,12H,6-7,9H2,1-3H3,(H,19,20). The number of carbonyl (C=O) groups is 1. The van der Waals surface area contributed by atoms with Gasteiger partial charge < -0.3 is 10.1 Å². The predicted octanol–water partition coefficient (Wildman–Crippen LogP) is 3.48. The van der Waals surface area contributed by atoms with Gasteiger partial charge in [0.05, 0.1) is 11.9 Å². The summed E-state index contributed by atoms with van der Waals surface area (Å²) in [6, 6.07) is 5.88. The summed E-state index contributed by atoms with van der Waals surface area (Å²) in [5.74, 6) is 0.692. The van der Waals surface area contributed by atoms with Gasteiger partial charge in [0.2, 0.25) is 5.91 Å². The normalized spacial score (nSPS) is 12.8. The lowest BCUT2D eigenvalue weighted by Crippen LogP contribution is -2.38. The maximum Gasteiger partial charge on any atom is 0.405 e. The van der Waals surface area contributed by atoms with Gasteiger partial charge >= 0.3 is 6.18 Å². The molecule has 1 N–H and O–H groups in total. The van der Waals surface area contributed by atoms with Crippen LogP contribution in [0, 0.1) is 13.8 Å². The quantitative estimate of drug-likeness (QED) is 0.775. The molecule has 22 heavy (non-hydrogen) atoms. The molecule has 1 atom stereocenters. The SMILES string of the molecule is Cc1ccc(C)c(OCCSC(C)C(=O)NCC(F)(F)F)c1. The van der Waals surface area contributed by atoms with Gasteiger partial charge in [0.15, 0.2) is 0 Å². The molecule has 1 amide bonds. The molecule has 0 bridgehead atoms. The van der Waals surface area contributed by atoms with Gasteiger partial charge in [-0.3, -0.25) is 4.79 Å². The number of hydrogen-bond donors (Lipinski definition) is 1. The smallest absolute Gasteiger partial charge is 0.405 e. The molecule has 1 unspecified atom stereocenters. The largest absolute Gasteiger partial charge is 0.492 e. The molecule has 0 aromatic heterocycles. The van der Waals surface area contributed by atoms with E-state index in [0.717, 1.165) is 16.9 Å². The van der Waals surface area contributed by atoms with Crippen LogP contribution in [-0.4, -0.2) is 36.2 Å². The molecule has 0 saturated carbocycles. The van der Waals surface area contributed by atoms with Crippen LogP contribution in [0.3, 0.4) is 0 Å². The van der Waals surface area contributed by atoms with Crippen LogP contribution in [0.25, 0.3) is 0 Å². The summed E-state index contributed by atoms with van der Waals surface area (Å²) >= 11 is 1.26. The number of hydrogen-bond acceptors (Lipinski definition) is 3. The van der Waals surface area contributed by atoms with Crippen molar-refractivity contribution in [2.24, 2.45) is 0 Å². The number of halogens is 3. The lowest BCUT2D eigenvalue weighted by Gasteiger charge is -2.14. The molecule has 0 radical (unpaired) electrons. The van der Waals surface area contributed by atoms with E-state index >= 15 is 0 Å². The molecule has 7 heteroatoms. The van der Waals surface area contributed by atoms with Crippen LogP contribution in [0.1, 0.15) is 18.1 Å². The summed E-state index contributed by atoms with van der Waals surface area (Å²) in [4.78, 5) is 11.5. The Morgan fingerprint density at radius 2 is 2.05 bits per heavy atom. The van der Waals surface area contributed by atoms with Crippen molar-refractivity contribution in [3.05, 3.63) is 29.3 Å². The fourth-order valence-electron chi connectivity index (χ4n) is 1.65. The number of aryl methyl sites for hydroxylation is 2. The molecule has 0 aliphatic rings. The molecular formula is C15H20F3NO2S. The van der Waals surface area contributed by atoms with Crippen LogP contribution in [0.15, 0.2) is 18.2 Å². The minimum atomic E-state index is -4.38. The second kappa shape index (κ2) is 8.31. The molecule has 0 fully saturated rings. The van der Waals surface area contributed by atoms with Gasteiger partial charge in [0, 0.05) is 5.75 Å². The van der Waals surface area contributed by atoms with Gasteiger partial charge in [-0.2, -0.15) is 13.2 Å². The molecule has 0 aliphatic carbocycles. The van der Waals surface area contributed by atoms with Crippen molar-refractivity contribution in [2.45, 2.75) is 32.2 Å². The van der Waals surface area contributed by atoms with Crippen molar-refractivity contribution in [2.75, 3.05) is 18.9 Å². The zero-order valence-corrected chi connectivity index (χ0v) is 13.6. The fraction of sp³-hybridized carbons (Fsp3) is 0.533. The van der Waals surface area contributed by atoms with Crippen molar-refractivity contribution in [3.63, 3.8) is 0 Å². The van der Waals surface area contributed by atoms with E-state index in [9.17, 15) is 18.0 Å². The summed E-state index contributed by atoms with van der Waals surface area (Å²) in [7, 11) is 0. The molecular weight excluding hydrogens is 315 g/mol. The first-order valence-corrected chi connectivity index (χ1v) is 7.90. The number of ether oxygens (including phenoxy) is 1. The second-order valence-corrected chi connectivity index (χ2v) is 6.41. The monoisotopic (exact) mass is 335 g/mol. The van der Waals surface area contributed by atoms with Gasteiger partial charge in [-0.05, 0) is 38.0 Å². The Bertz CT molecular complexity index is 506. The number of rotatable bonds is 7. The highest BCUT2D eigenvalue weighted by Crippen LogP contribution is 2.20. The van der Waals surface area contributed by atoms with E-state index in [0.29, 0.717) is 12.4 Å². The average Bonchev–Trinajstić information content (AvgIpc) is 2.43.